The Hall–Kier alpha value is -1.83. The second-order valence-electron chi connectivity index (χ2n) is 4.57. The van der Waals surface area contributed by atoms with Gasteiger partial charge in [-0.2, -0.15) is 0 Å². The lowest BCUT2D eigenvalue weighted by atomic mass is 10.00. The van der Waals surface area contributed by atoms with Crippen molar-refractivity contribution in [2.75, 3.05) is 11.9 Å². The van der Waals surface area contributed by atoms with Crippen molar-refractivity contribution >= 4 is 5.69 Å². The van der Waals surface area contributed by atoms with E-state index in [1.807, 2.05) is 13.0 Å². The van der Waals surface area contributed by atoms with E-state index in [1.54, 1.807) is 0 Å². The molecule has 0 aliphatic carbocycles. The Morgan fingerprint density at radius 2 is 2.12 bits per heavy atom. The third-order valence-corrected chi connectivity index (χ3v) is 3.23. The molecule has 2 nitrogen and oxygen atoms in total. The molecule has 0 amide bonds. The number of nitrogens with zero attached hydrogens (tertiary/aromatic N) is 1. The zero-order chi connectivity index (χ0) is 11.7. The highest BCUT2D eigenvalue weighted by atomic mass is 14.9. The Morgan fingerprint density at radius 1 is 1.18 bits per heavy atom. The van der Waals surface area contributed by atoms with Crippen molar-refractivity contribution < 1.29 is 0 Å². The summed E-state index contributed by atoms with van der Waals surface area (Å²) in [5.74, 6) is 0. The van der Waals surface area contributed by atoms with E-state index in [9.17, 15) is 0 Å². The molecule has 1 aromatic carbocycles. The third-order valence-electron chi connectivity index (χ3n) is 3.23. The lowest BCUT2D eigenvalue weighted by molar-refractivity contribution is 0.830. The molecule has 1 aliphatic heterocycles. The van der Waals surface area contributed by atoms with Crippen LogP contribution >= 0.6 is 0 Å². The van der Waals surface area contributed by atoms with Crippen LogP contribution < -0.4 is 5.32 Å². The van der Waals surface area contributed by atoms with E-state index in [0.717, 1.165) is 17.9 Å². The van der Waals surface area contributed by atoms with Crippen LogP contribution in [0.2, 0.25) is 0 Å². The average Bonchev–Trinajstić information content (AvgIpc) is 2.38. The Balaban J connectivity index is 2.04. The maximum absolute atomic E-state index is 4.56. The zero-order valence-electron chi connectivity index (χ0n) is 10.0. The maximum atomic E-state index is 4.56. The molecular formula is C15H16N2. The SMILES string of the molecule is Cc1cccc(-c2ccc3c(c2)NCCC3)n1. The molecular weight excluding hydrogens is 208 g/mol. The van der Waals surface area contributed by atoms with Gasteiger partial charge in [-0.15, -0.1) is 0 Å². The van der Waals surface area contributed by atoms with E-state index in [1.165, 1.54) is 29.7 Å². The number of fused-ring (bicyclic) bond motifs is 1. The standard InChI is InChI=1S/C15H16N2/c1-11-4-2-6-14(17-11)13-8-7-12-5-3-9-16-15(12)10-13/h2,4,6-8,10,16H,3,5,9H2,1H3. The van der Waals surface area contributed by atoms with Gasteiger partial charge in [-0.25, -0.2) is 0 Å². The van der Waals surface area contributed by atoms with Crippen LogP contribution in [0.15, 0.2) is 36.4 Å². The lowest BCUT2D eigenvalue weighted by Crippen LogP contribution is -2.11. The number of anilines is 1. The molecule has 1 aromatic heterocycles. The smallest absolute Gasteiger partial charge is 0.0705 e. The summed E-state index contributed by atoms with van der Waals surface area (Å²) in [7, 11) is 0. The van der Waals surface area contributed by atoms with E-state index in [0.29, 0.717) is 0 Å². The minimum Gasteiger partial charge on any atom is -0.385 e. The fourth-order valence-corrected chi connectivity index (χ4v) is 2.32. The fourth-order valence-electron chi connectivity index (χ4n) is 2.32. The number of pyridine rings is 1. The maximum Gasteiger partial charge on any atom is 0.0705 e. The minimum atomic E-state index is 1.06. The van der Waals surface area contributed by atoms with E-state index in [-0.39, 0.29) is 0 Å². The van der Waals surface area contributed by atoms with Gasteiger partial charge in [0, 0.05) is 23.5 Å². The highest BCUT2D eigenvalue weighted by Gasteiger charge is 2.09. The van der Waals surface area contributed by atoms with E-state index >= 15 is 0 Å². The first kappa shape index (κ1) is 10.3. The lowest BCUT2D eigenvalue weighted by Gasteiger charge is -2.18. The fraction of sp³-hybridized carbons (Fsp3) is 0.267. The Kier molecular flexibility index (Phi) is 2.56. The van der Waals surface area contributed by atoms with Crippen LogP contribution in [0.5, 0.6) is 0 Å². The summed E-state index contributed by atoms with van der Waals surface area (Å²) >= 11 is 0. The van der Waals surface area contributed by atoms with Gasteiger partial charge in [0.25, 0.3) is 0 Å². The number of aromatic nitrogens is 1. The van der Waals surface area contributed by atoms with Gasteiger partial charge in [-0.1, -0.05) is 18.2 Å². The number of aryl methyl sites for hydroxylation is 2. The number of hydrogen-bond acceptors (Lipinski definition) is 2. The molecule has 17 heavy (non-hydrogen) atoms. The van der Waals surface area contributed by atoms with Crippen LogP contribution in [0.3, 0.4) is 0 Å². The summed E-state index contributed by atoms with van der Waals surface area (Å²) in [5, 5.41) is 3.46. The number of nitrogens with one attached hydrogen (secondary N) is 1. The molecule has 0 unspecified atom stereocenters. The van der Waals surface area contributed by atoms with E-state index in [4.69, 9.17) is 0 Å². The number of benzene rings is 1. The van der Waals surface area contributed by atoms with Gasteiger partial charge in [0.05, 0.1) is 5.69 Å². The van der Waals surface area contributed by atoms with Crippen molar-refractivity contribution in [3.05, 3.63) is 47.7 Å². The normalized spacial score (nSPS) is 13.9. The summed E-state index contributed by atoms with van der Waals surface area (Å²) in [6, 6.07) is 12.8. The van der Waals surface area contributed by atoms with Gasteiger partial charge < -0.3 is 5.32 Å². The summed E-state index contributed by atoms with van der Waals surface area (Å²) in [6.07, 6.45) is 2.42. The molecule has 0 spiro atoms. The molecule has 0 fully saturated rings. The highest BCUT2D eigenvalue weighted by molar-refractivity contribution is 5.68. The van der Waals surface area contributed by atoms with E-state index in [2.05, 4.69) is 40.6 Å². The molecule has 0 saturated carbocycles. The van der Waals surface area contributed by atoms with Crippen molar-refractivity contribution in [1.29, 1.82) is 0 Å². The monoisotopic (exact) mass is 224 g/mol. The molecule has 1 aliphatic rings. The van der Waals surface area contributed by atoms with Gasteiger partial charge in [-0.05, 0) is 43.5 Å². The average molecular weight is 224 g/mol. The molecule has 1 N–H and O–H groups in total. The highest BCUT2D eigenvalue weighted by Crippen LogP contribution is 2.27. The van der Waals surface area contributed by atoms with Crippen molar-refractivity contribution in [3.63, 3.8) is 0 Å². The molecule has 0 bridgehead atoms. The van der Waals surface area contributed by atoms with Crippen LogP contribution in [0.25, 0.3) is 11.3 Å². The van der Waals surface area contributed by atoms with Crippen molar-refractivity contribution in [2.45, 2.75) is 19.8 Å². The van der Waals surface area contributed by atoms with Crippen molar-refractivity contribution in [3.8, 4) is 11.3 Å². The Bertz CT molecular complexity index is 546. The summed E-state index contributed by atoms with van der Waals surface area (Å²) < 4.78 is 0. The summed E-state index contributed by atoms with van der Waals surface area (Å²) in [5.41, 5.74) is 6.01. The van der Waals surface area contributed by atoms with Crippen LogP contribution in [0.1, 0.15) is 17.7 Å². The van der Waals surface area contributed by atoms with Gasteiger partial charge >= 0.3 is 0 Å². The molecule has 2 heteroatoms. The van der Waals surface area contributed by atoms with Crippen LogP contribution in [0.4, 0.5) is 5.69 Å². The third kappa shape index (κ3) is 2.03. The van der Waals surface area contributed by atoms with Crippen LogP contribution in [-0.4, -0.2) is 11.5 Å². The summed E-state index contributed by atoms with van der Waals surface area (Å²) in [4.78, 5) is 4.56. The Labute approximate surface area is 102 Å². The zero-order valence-corrected chi connectivity index (χ0v) is 10.0. The predicted octanol–water partition coefficient (Wildman–Crippen LogP) is 3.42. The largest absolute Gasteiger partial charge is 0.385 e. The first-order valence-electron chi connectivity index (χ1n) is 6.14. The number of hydrogen-bond donors (Lipinski definition) is 1. The molecule has 2 aromatic rings. The molecule has 2 heterocycles. The number of rotatable bonds is 1. The van der Waals surface area contributed by atoms with Crippen LogP contribution in [-0.2, 0) is 6.42 Å². The molecule has 3 rings (SSSR count). The molecule has 0 radical (unpaired) electrons. The van der Waals surface area contributed by atoms with Gasteiger partial charge in [0.15, 0.2) is 0 Å². The second kappa shape index (κ2) is 4.21. The first-order valence-corrected chi connectivity index (χ1v) is 6.14. The first-order chi connectivity index (χ1) is 8.33. The van der Waals surface area contributed by atoms with Crippen molar-refractivity contribution in [2.24, 2.45) is 0 Å². The van der Waals surface area contributed by atoms with E-state index < -0.39 is 0 Å². The molecule has 0 atom stereocenters. The van der Waals surface area contributed by atoms with Gasteiger partial charge in [-0.3, -0.25) is 4.98 Å². The summed E-state index contributed by atoms with van der Waals surface area (Å²) in [6.45, 7) is 3.11. The second-order valence-corrected chi connectivity index (χ2v) is 4.57. The van der Waals surface area contributed by atoms with Gasteiger partial charge in [0.2, 0.25) is 0 Å². The van der Waals surface area contributed by atoms with Crippen LogP contribution in [0, 0.1) is 6.92 Å². The molecule has 86 valence electrons. The topological polar surface area (TPSA) is 24.9 Å². The quantitative estimate of drug-likeness (QED) is 0.803. The minimum absolute atomic E-state index is 1.06. The molecule has 0 saturated heterocycles. The van der Waals surface area contributed by atoms with Gasteiger partial charge in [0.1, 0.15) is 0 Å². The van der Waals surface area contributed by atoms with Crippen molar-refractivity contribution in [1.82, 2.24) is 4.98 Å². The Morgan fingerprint density at radius 3 is 3.00 bits per heavy atom. The predicted molar refractivity (Wildman–Crippen MR) is 71.2 cm³/mol.